The zero-order valence-corrected chi connectivity index (χ0v) is 12.0. The van der Waals surface area contributed by atoms with Crippen LogP contribution >= 0.6 is 23.2 Å². The van der Waals surface area contributed by atoms with Gasteiger partial charge in [-0.1, -0.05) is 36.2 Å². The van der Waals surface area contributed by atoms with Crippen LogP contribution in [0.5, 0.6) is 0 Å². The van der Waals surface area contributed by atoms with E-state index >= 15 is 0 Å². The van der Waals surface area contributed by atoms with Gasteiger partial charge in [0.1, 0.15) is 11.6 Å². The quantitative estimate of drug-likeness (QED) is 0.672. The van der Waals surface area contributed by atoms with Crippen LogP contribution in [-0.2, 0) is 12.8 Å². The van der Waals surface area contributed by atoms with Gasteiger partial charge in [0.05, 0.1) is 0 Å². The predicted molar refractivity (Wildman–Crippen MR) is 78.5 cm³/mol. The first-order valence-electron chi connectivity index (χ1n) is 5.90. The average Bonchev–Trinajstić information content (AvgIpc) is 2.42. The van der Waals surface area contributed by atoms with E-state index in [0.717, 1.165) is 17.7 Å². The third kappa shape index (κ3) is 3.35. The topological polar surface area (TPSA) is 63.8 Å². The van der Waals surface area contributed by atoms with E-state index in [-0.39, 0.29) is 0 Å². The van der Waals surface area contributed by atoms with E-state index in [4.69, 9.17) is 29.0 Å². The summed E-state index contributed by atoms with van der Waals surface area (Å²) in [6, 6.07) is 7.23. The van der Waals surface area contributed by atoms with Gasteiger partial charge in [0, 0.05) is 28.2 Å². The Morgan fingerprint density at radius 1 is 1.21 bits per heavy atom. The average molecular weight is 297 g/mol. The van der Waals surface area contributed by atoms with Crippen molar-refractivity contribution in [3.63, 3.8) is 0 Å². The summed E-state index contributed by atoms with van der Waals surface area (Å²) in [5.41, 5.74) is 4.28. The largest absolute Gasteiger partial charge is 0.308 e. The van der Waals surface area contributed by atoms with Crippen LogP contribution in [0.2, 0.25) is 10.0 Å². The molecule has 0 spiro atoms. The lowest BCUT2D eigenvalue weighted by atomic mass is 10.1. The second kappa shape index (κ2) is 6.19. The fourth-order valence-electron chi connectivity index (χ4n) is 1.75. The maximum atomic E-state index is 6.15. The molecule has 4 nitrogen and oxygen atoms in total. The molecular formula is C13H14Cl2N4. The van der Waals surface area contributed by atoms with E-state index < -0.39 is 0 Å². The lowest BCUT2D eigenvalue weighted by molar-refractivity contribution is 0.905. The van der Waals surface area contributed by atoms with Gasteiger partial charge in [0.2, 0.25) is 0 Å². The molecule has 0 aliphatic heterocycles. The second-order valence-electron chi connectivity index (χ2n) is 4.04. The molecule has 2 aromatic rings. The summed E-state index contributed by atoms with van der Waals surface area (Å²) < 4.78 is 0. The summed E-state index contributed by atoms with van der Waals surface area (Å²) in [6.45, 7) is 2.02. The van der Waals surface area contributed by atoms with Crippen molar-refractivity contribution in [1.29, 1.82) is 0 Å². The van der Waals surface area contributed by atoms with Crippen molar-refractivity contribution < 1.29 is 0 Å². The predicted octanol–water partition coefficient (Wildman–Crippen LogP) is 3.22. The van der Waals surface area contributed by atoms with Crippen LogP contribution in [0, 0.1) is 0 Å². The number of anilines is 1. The molecule has 0 radical (unpaired) electrons. The number of nitrogens with zero attached hydrogens (tertiary/aromatic N) is 2. The Kier molecular flexibility index (Phi) is 4.58. The zero-order chi connectivity index (χ0) is 13.8. The SMILES string of the molecule is CCc1cc(NN)nc(Cc2c(Cl)cccc2Cl)n1. The van der Waals surface area contributed by atoms with Crippen molar-refractivity contribution in [1.82, 2.24) is 9.97 Å². The summed E-state index contributed by atoms with van der Waals surface area (Å²) >= 11 is 12.3. The lowest BCUT2D eigenvalue weighted by Gasteiger charge is -2.09. The first-order chi connectivity index (χ1) is 9.13. The number of hydrazine groups is 1. The molecule has 19 heavy (non-hydrogen) atoms. The Bertz CT molecular complexity index is 544. The number of nitrogens with two attached hydrogens (primary N) is 1. The number of halogens is 2. The van der Waals surface area contributed by atoms with Gasteiger partial charge in [-0.25, -0.2) is 15.8 Å². The van der Waals surface area contributed by atoms with Crippen molar-refractivity contribution in [2.24, 2.45) is 5.84 Å². The summed E-state index contributed by atoms with van der Waals surface area (Å²) in [5, 5.41) is 1.22. The molecule has 0 fully saturated rings. The Morgan fingerprint density at radius 2 is 1.89 bits per heavy atom. The Morgan fingerprint density at radius 3 is 2.47 bits per heavy atom. The van der Waals surface area contributed by atoms with Crippen LogP contribution in [0.1, 0.15) is 24.0 Å². The Labute approximate surface area is 121 Å². The Hall–Kier alpha value is -1.36. The second-order valence-corrected chi connectivity index (χ2v) is 4.85. The van der Waals surface area contributed by atoms with Gasteiger partial charge in [-0.3, -0.25) is 0 Å². The van der Waals surface area contributed by atoms with Gasteiger partial charge in [-0.15, -0.1) is 0 Å². The number of hydrogen-bond donors (Lipinski definition) is 2. The van der Waals surface area contributed by atoms with E-state index in [1.807, 2.05) is 19.1 Å². The highest BCUT2D eigenvalue weighted by molar-refractivity contribution is 6.36. The number of rotatable bonds is 4. The summed E-state index contributed by atoms with van der Waals surface area (Å²) in [6.07, 6.45) is 1.28. The first kappa shape index (κ1) is 14.1. The maximum absolute atomic E-state index is 6.15. The van der Waals surface area contributed by atoms with Crippen molar-refractivity contribution >= 4 is 29.0 Å². The van der Waals surface area contributed by atoms with Gasteiger partial charge in [0.25, 0.3) is 0 Å². The minimum absolute atomic E-state index is 0.473. The highest BCUT2D eigenvalue weighted by Gasteiger charge is 2.10. The van der Waals surface area contributed by atoms with Crippen LogP contribution in [0.25, 0.3) is 0 Å². The van der Waals surface area contributed by atoms with Crippen molar-refractivity contribution in [3.05, 3.63) is 51.4 Å². The smallest absolute Gasteiger partial charge is 0.143 e. The third-order valence-electron chi connectivity index (χ3n) is 2.73. The summed E-state index contributed by atoms with van der Waals surface area (Å²) in [7, 11) is 0. The fraction of sp³-hybridized carbons (Fsp3) is 0.231. The van der Waals surface area contributed by atoms with E-state index in [1.54, 1.807) is 12.1 Å². The van der Waals surface area contributed by atoms with E-state index in [0.29, 0.717) is 28.1 Å². The number of aromatic nitrogens is 2. The minimum Gasteiger partial charge on any atom is -0.308 e. The molecule has 0 unspecified atom stereocenters. The van der Waals surface area contributed by atoms with Crippen LogP contribution in [0.4, 0.5) is 5.82 Å². The van der Waals surface area contributed by atoms with Gasteiger partial charge >= 0.3 is 0 Å². The summed E-state index contributed by atoms with van der Waals surface area (Å²) in [4.78, 5) is 8.77. The van der Waals surface area contributed by atoms with Crippen molar-refractivity contribution in [2.75, 3.05) is 5.43 Å². The molecule has 0 aliphatic carbocycles. The number of aryl methyl sites for hydroxylation is 1. The fourth-order valence-corrected chi connectivity index (χ4v) is 2.28. The standard InChI is InChI=1S/C13H14Cl2N4/c1-2-8-6-13(19-16)18-12(17-8)7-9-10(14)4-3-5-11(9)15/h3-6H,2,7,16H2,1H3,(H,17,18,19). The highest BCUT2D eigenvalue weighted by atomic mass is 35.5. The van der Waals surface area contributed by atoms with Gasteiger partial charge < -0.3 is 5.43 Å². The third-order valence-corrected chi connectivity index (χ3v) is 3.44. The first-order valence-corrected chi connectivity index (χ1v) is 6.66. The molecule has 0 atom stereocenters. The molecule has 3 N–H and O–H groups in total. The molecule has 0 amide bonds. The van der Waals surface area contributed by atoms with Gasteiger partial charge in [-0.2, -0.15) is 0 Å². The van der Waals surface area contributed by atoms with E-state index in [2.05, 4.69) is 15.4 Å². The molecule has 6 heteroatoms. The van der Waals surface area contributed by atoms with Gasteiger partial charge in [-0.05, 0) is 24.1 Å². The molecular weight excluding hydrogens is 283 g/mol. The van der Waals surface area contributed by atoms with Crippen LogP contribution in [-0.4, -0.2) is 9.97 Å². The highest BCUT2D eigenvalue weighted by Crippen LogP contribution is 2.26. The molecule has 0 aliphatic rings. The van der Waals surface area contributed by atoms with E-state index in [9.17, 15) is 0 Å². The molecule has 0 bridgehead atoms. The monoisotopic (exact) mass is 296 g/mol. The van der Waals surface area contributed by atoms with E-state index in [1.165, 1.54) is 0 Å². The van der Waals surface area contributed by atoms with Crippen LogP contribution in [0.15, 0.2) is 24.3 Å². The van der Waals surface area contributed by atoms with Crippen molar-refractivity contribution in [2.45, 2.75) is 19.8 Å². The Balaban J connectivity index is 2.37. The summed E-state index contributed by atoms with van der Waals surface area (Å²) in [5.74, 6) is 6.63. The maximum Gasteiger partial charge on any atom is 0.143 e. The molecule has 100 valence electrons. The number of benzene rings is 1. The van der Waals surface area contributed by atoms with Gasteiger partial charge in [0.15, 0.2) is 0 Å². The molecule has 1 aromatic carbocycles. The minimum atomic E-state index is 0.473. The lowest BCUT2D eigenvalue weighted by Crippen LogP contribution is -2.12. The molecule has 1 heterocycles. The van der Waals surface area contributed by atoms with Crippen LogP contribution < -0.4 is 11.3 Å². The number of nitrogens with one attached hydrogen (secondary N) is 1. The molecule has 1 aromatic heterocycles. The number of nitrogen functional groups attached to an aromatic ring is 1. The molecule has 2 rings (SSSR count). The zero-order valence-electron chi connectivity index (χ0n) is 10.5. The molecule has 0 saturated heterocycles. The number of hydrogen-bond acceptors (Lipinski definition) is 4. The van der Waals surface area contributed by atoms with Crippen molar-refractivity contribution in [3.8, 4) is 0 Å². The normalized spacial score (nSPS) is 10.5. The molecule has 0 saturated carbocycles. The van der Waals surface area contributed by atoms with Crippen LogP contribution in [0.3, 0.4) is 0 Å².